The van der Waals surface area contributed by atoms with Gasteiger partial charge in [0, 0.05) is 57.7 Å². The maximum atomic E-state index is 13.0. The molecule has 2 aliphatic rings. The first kappa shape index (κ1) is 27.4. The zero-order valence-corrected chi connectivity index (χ0v) is 19.5. The number of ether oxygens (including phenoxy) is 1. The van der Waals surface area contributed by atoms with Crippen LogP contribution in [0.25, 0.3) is 0 Å². The Kier molecular flexibility index (Phi) is 10.7. The molecule has 2 amide bonds. The van der Waals surface area contributed by atoms with E-state index < -0.39 is 5.54 Å². The molecule has 1 saturated carbocycles. The summed E-state index contributed by atoms with van der Waals surface area (Å²) >= 11 is 0. The molecule has 2 rings (SSSR count). The van der Waals surface area contributed by atoms with Crippen LogP contribution in [0.4, 0.5) is 0 Å². The first-order valence-corrected chi connectivity index (χ1v) is 9.91. The van der Waals surface area contributed by atoms with Gasteiger partial charge in [0.25, 0.3) is 0 Å². The number of piperazine rings is 1. The minimum absolute atomic E-state index is 0. The average molecular weight is 441 g/mol. The number of nitrogens with zero attached hydrogens (tertiary/aromatic N) is 3. The van der Waals surface area contributed by atoms with Crippen molar-refractivity contribution in [1.82, 2.24) is 14.7 Å². The summed E-state index contributed by atoms with van der Waals surface area (Å²) in [6, 6.07) is 0. The van der Waals surface area contributed by atoms with E-state index in [1.165, 1.54) is 0 Å². The molecule has 28 heavy (non-hydrogen) atoms. The molecular formula is C19H38Cl2N4O3. The quantitative estimate of drug-likeness (QED) is 0.646. The highest BCUT2D eigenvalue weighted by Crippen LogP contribution is 2.50. The molecular weight excluding hydrogens is 403 g/mol. The van der Waals surface area contributed by atoms with E-state index in [0.29, 0.717) is 45.8 Å². The van der Waals surface area contributed by atoms with Crippen LogP contribution in [0.1, 0.15) is 41.0 Å². The molecule has 0 spiro atoms. The molecule has 1 aliphatic carbocycles. The van der Waals surface area contributed by atoms with E-state index in [0.717, 1.165) is 13.1 Å². The number of carbonyl (C=O) groups excluding carboxylic acids is 2. The van der Waals surface area contributed by atoms with Crippen LogP contribution in [0.15, 0.2) is 0 Å². The van der Waals surface area contributed by atoms with E-state index in [-0.39, 0.29) is 48.1 Å². The van der Waals surface area contributed by atoms with Crippen molar-refractivity contribution in [3.8, 4) is 0 Å². The van der Waals surface area contributed by atoms with Crippen LogP contribution >= 0.6 is 24.8 Å². The third kappa shape index (κ3) is 5.11. The fourth-order valence-electron chi connectivity index (χ4n) is 4.06. The fourth-order valence-corrected chi connectivity index (χ4v) is 4.06. The van der Waals surface area contributed by atoms with Gasteiger partial charge in [-0.15, -0.1) is 24.8 Å². The Morgan fingerprint density at radius 2 is 1.61 bits per heavy atom. The van der Waals surface area contributed by atoms with Crippen LogP contribution in [0, 0.1) is 5.41 Å². The van der Waals surface area contributed by atoms with Crippen LogP contribution in [-0.2, 0) is 14.3 Å². The number of likely N-dealkylation sites (N-methyl/N-ethyl adjacent to an activating group) is 1. The van der Waals surface area contributed by atoms with E-state index in [2.05, 4.69) is 4.90 Å². The molecule has 0 aromatic heterocycles. The molecule has 7 nitrogen and oxygen atoms in total. The Hall–Kier alpha value is -0.600. The largest absolute Gasteiger partial charge is 0.378 e. The van der Waals surface area contributed by atoms with Crippen molar-refractivity contribution < 1.29 is 14.3 Å². The lowest BCUT2D eigenvalue weighted by atomic mass is 9.54. The highest BCUT2D eigenvalue weighted by atomic mass is 35.5. The third-order valence-electron chi connectivity index (χ3n) is 6.35. The van der Waals surface area contributed by atoms with Gasteiger partial charge in [-0.3, -0.25) is 14.5 Å². The Morgan fingerprint density at radius 1 is 1.07 bits per heavy atom. The molecule has 0 radical (unpaired) electrons. The summed E-state index contributed by atoms with van der Waals surface area (Å²) in [6.07, 6.45) is 0.613. The molecule has 2 atom stereocenters. The van der Waals surface area contributed by atoms with Crippen molar-refractivity contribution in [2.75, 3.05) is 52.4 Å². The normalized spacial score (nSPS) is 26.5. The summed E-state index contributed by atoms with van der Waals surface area (Å²) in [4.78, 5) is 31.1. The molecule has 0 bridgehead atoms. The summed E-state index contributed by atoms with van der Waals surface area (Å²) < 4.78 is 5.73. The predicted molar refractivity (Wildman–Crippen MR) is 116 cm³/mol. The van der Waals surface area contributed by atoms with Gasteiger partial charge in [0.2, 0.25) is 11.8 Å². The molecule has 9 heteroatoms. The van der Waals surface area contributed by atoms with Crippen LogP contribution in [0.2, 0.25) is 0 Å². The van der Waals surface area contributed by atoms with Gasteiger partial charge in [-0.1, -0.05) is 13.8 Å². The second-order valence-electron chi connectivity index (χ2n) is 7.98. The van der Waals surface area contributed by atoms with Gasteiger partial charge >= 0.3 is 0 Å². The highest BCUT2D eigenvalue weighted by molar-refractivity contribution is 5.89. The Balaban J connectivity index is 0.00000364. The van der Waals surface area contributed by atoms with Crippen molar-refractivity contribution >= 4 is 36.6 Å². The monoisotopic (exact) mass is 440 g/mol. The number of nitrogens with two attached hydrogens (primary N) is 1. The minimum Gasteiger partial charge on any atom is -0.378 e. The molecule has 2 unspecified atom stereocenters. The first-order chi connectivity index (χ1) is 12.2. The SMILES string of the molecule is CCOC1CC(N)(C(=O)N2CCN(CC(=O)N(CC)CC)CC2)C1(C)C.Cl.Cl. The lowest BCUT2D eigenvalue weighted by Gasteiger charge is -2.59. The van der Waals surface area contributed by atoms with Crippen molar-refractivity contribution in [3.63, 3.8) is 0 Å². The maximum Gasteiger partial charge on any atom is 0.243 e. The molecule has 2 N–H and O–H groups in total. The number of halogens is 2. The molecule has 0 aromatic rings. The molecule has 2 fully saturated rings. The van der Waals surface area contributed by atoms with Crippen molar-refractivity contribution in [1.29, 1.82) is 0 Å². The van der Waals surface area contributed by atoms with Crippen LogP contribution in [0.3, 0.4) is 0 Å². The van der Waals surface area contributed by atoms with Crippen molar-refractivity contribution in [3.05, 3.63) is 0 Å². The zero-order valence-electron chi connectivity index (χ0n) is 17.9. The highest BCUT2D eigenvalue weighted by Gasteiger charge is 2.63. The van der Waals surface area contributed by atoms with E-state index in [1.807, 2.05) is 44.4 Å². The summed E-state index contributed by atoms with van der Waals surface area (Å²) in [6.45, 7) is 15.2. The molecule has 166 valence electrons. The van der Waals surface area contributed by atoms with E-state index in [9.17, 15) is 9.59 Å². The second kappa shape index (κ2) is 11.0. The predicted octanol–water partition coefficient (Wildman–Crippen LogP) is 1.38. The summed E-state index contributed by atoms with van der Waals surface area (Å²) in [5.74, 6) is 0.179. The number of rotatable bonds is 7. The van der Waals surface area contributed by atoms with Crippen molar-refractivity contribution in [2.45, 2.75) is 52.7 Å². The standard InChI is InChI=1S/C19H36N4O3.2ClH/c1-6-22(7-2)16(24)14-21-9-11-23(12-10-21)17(25)19(20)13-15(26-8-3)18(19,4)5;;/h15H,6-14,20H2,1-5H3;2*1H. The minimum atomic E-state index is -0.855. The van der Waals surface area contributed by atoms with Crippen LogP contribution < -0.4 is 5.73 Å². The Labute approximate surface area is 182 Å². The van der Waals surface area contributed by atoms with Crippen LogP contribution in [-0.4, -0.2) is 90.6 Å². The van der Waals surface area contributed by atoms with Gasteiger partial charge in [0.1, 0.15) is 5.54 Å². The first-order valence-electron chi connectivity index (χ1n) is 9.91. The molecule has 0 aromatic carbocycles. The van der Waals surface area contributed by atoms with Gasteiger partial charge < -0.3 is 20.3 Å². The van der Waals surface area contributed by atoms with Gasteiger partial charge in [0.05, 0.1) is 12.6 Å². The Morgan fingerprint density at radius 3 is 2.04 bits per heavy atom. The van der Waals surface area contributed by atoms with E-state index >= 15 is 0 Å². The van der Waals surface area contributed by atoms with Gasteiger partial charge in [-0.25, -0.2) is 0 Å². The summed E-state index contributed by atoms with van der Waals surface area (Å²) in [7, 11) is 0. The summed E-state index contributed by atoms with van der Waals surface area (Å²) in [5.41, 5.74) is 5.30. The summed E-state index contributed by atoms with van der Waals surface area (Å²) in [5, 5.41) is 0. The number of hydrogen-bond acceptors (Lipinski definition) is 5. The Bertz CT molecular complexity index is 523. The number of hydrogen-bond donors (Lipinski definition) is 1. The van der Waals surface area contributed by atoms with Gasteiger partial charge in [-0.2, -0.15) is 0 Å². The lowest BCUT2D eigenvalue weighted by molar-refractivity contribution is -0.180. The second-order valence-corrected chi connectivity index (χ2v) is 7.98. The third-order valence-corrected chi connectivity index (χ3v) is 6.35. The van der Waals surface area contributed by atoms with E-state index in [4.69, 9.17) is 10.5 Å². The maximum absolute atomic E-state index is 13.0. The average Bonchev–Trinajstić information content (AvgIpc) is 2.62. The topological polar surface area (TPSA) is 79.1 Å². The van der Waals surface area contributed by atoms with E-state index in [1.54, 1.807) is 0 Å². The fraction of sp³-hybridized carbons (Fsp3) is 0.895. The lowest BCUT2D eigenvalue weighted by Crippen LogP contribution is -2.76. The molecule has 1 heterocycles. The van der Waals surface area contributed by atoms with Crippen LogP contribution in [0.5, 0.6) is 0 Å². The number of amides is 2. The van der Waals surface area contributed by atoms with Gasteiger partial charge in [-0.05, 0) is 20.8 Å². The van der Waals surface area contributed by atoms with Crippen molar-refractivity contribution in [2.24, 2.45) is 11.1 Å². The number of carbonyl (C=O) groups is 2. The molecule has 1 aliphatic heterocycles. The molecule has 1 saturated heterocycles. The zero-order chi connectivity index (χ0) is 19.5. The smallest absolute Gasteiger partial charge is 0.243 e. The van der Waals surface area contributed by atoms with Gasteiger partial charge in [0.15, 0.2) is 0 Å².